The van der Waals surface area contributed by atoms with Gasteiger partial charge in [-0.05, 0) is 94.9 Å². The van der Waals surface area contributed by atoms with Gasteiger partial charge in [0, 0.05) is 26.4 Å². The van der Waals surface area contributed by atoms with E-state index in [1.165, 1.54) is 12.1 Å². The van der Waals surface area contributed by atoms with Gasteiger partial charge in [-0.3, -0.25) is 4.98 Å². The standard InChI is InChI=1S/C24H16Br2FN3OS/c25-14-4-7-16(8-5-14)30-23(22(29-24(30)32)19-3-1-2-12-28-19)21-11-10-20(31-21)17-9-6-15(27)13-18(17)26/h1-13,22-23H,(H,29,32)/t22-,23-/m0/s1. The molecule has 0 saturated carbocycles. The summed E-state index contributed by atoms with van der Waals surface area (Å²) in [4.78, 5) is 6.60. The Morgan fingerprint density at radius 1 is 1.00 bits per heavy atom. The molecule has 0 spiro atoms. The summed E-state index contributed by atoms with van der Waals surface area (Å²) in [5.41, 5.74) is 2.58. The van der Waals surface area contributed by atoms with Gasteiger partial charge in [0.1, 0.15) is 23.4 Å². The number of hydrogen-bond acceptors (Lipinski definition) is 3. The number of rotatable bonds is 4. The third kappa shape index (κ3) is 3.98. The monoisotopic (exact) mass is 571 g/mol. The van der Waals surface area contributed by atoms with Crippen LogP contribution in [0.5, 0.6) is 0 Å². The van der Waals surface area contributed by atoms with E-state index in [9.17, 15) is 4.39 Å². The first kappa shape index (κ1) is 21.3. The van der Waals surface area contributed by atoms with Crippen LogP contribution in [-0.4, -0.2) is 10.1 Å². The van der Waals surface area contributed by atoms with Gasteiger partial charge in [-0.2, -0.15) is 0 Å². The molecule has 0 unspecified atom stereocenters. The lowest BCUT2D eigenvalue weighted by molar-refractivity contribution is 0.439. The summed E-state index contributed by atoms with van der Waals surface area (Å²) in [5, 5.41) is 4.01. The minimum absolute atomic E-state index is 0.206. The minimum atomic E-state index is -0.311. The molecule has 4 nitrogen and oxygen atoms in total. The predicted octanol–water partition coefficient (Wildman–Crippen LogP) is 7.18. The number of thiocarbonyl (C=S) groups is 1. The fourth-order valence-corrected chi connectivity index (χ4v) is 5.03. The molecule has 0 aliphatic carbocycles. The van der Waals surface area contributed by atoms with Gasteiger partial charge in [0.15, 0.2) is 5.11 Å². The molecule has 0 bridgehead atoms. The molecule has 1 N–H and O–H groups in total. The zero-order chi connectivity index (χ0) is 22.2. The Morgan fingerprint density at radius 3 is 2.53 bits per heavy atom. The Kier molecular flexibility index (Phi) is 5.84. The molecule has 1 aliphatic rings. The molecule has 2 atom stereocenters. The van der Waals surface area contributed by atoms with Crippen molar-refractivity contribution < 1.29 is 8.81 Å². The summed E-state index contributed by atoms with van der Waals surface area (Å²) < 4.78 is 21.5. The molecule has 0 radical (unpaired) electrons. The molecule has 2 aromatic heterocycles. The second-order valence-electron chi connectivity index (χ2n) is 7.30. The summed E-state index contributed by atoms with van der Waals surface area (Å²) >= 11 is 12.7. The lowest BCUT2D eigenvalue weighted by atomic mass is 10.0. The number of nitrogens with one attached hydrogen (secondary N) is 1. The normalized spacial score (nSPS) is 18.1. The Balaban J connectivity index is 1.60. The van der Waals surface area contributed by atoms with E-state index in [-0.39, 0.29) is 17.9 Å². The fourth-order valence-electron chi connectivity index (χ4n) is 3.87. The highest BCUT2D eigenvalue weighted by atomic mass is 79.9. The van der Waals surface area contributed by atoms with E-state index in [1.54, 1.807) is 12.3 Å². The topological polar surface area (TPSA) is 41.3 Å². The van der Waals surface area contributed by atoms with E-state index in [0.717, 1.165) is 27.2 Å². The lowest BCUT2D eigenvalue weighted by Crippen LogP contribution is -2.29. The van der Waals surface area contributed by atoms with Crippen molar-refractivity contribution in [3.63, 3.8) is 0 Å². The van der Waals surface area contributed by atoms with Gasteiger partial charge in [0.05, 0.1) is 11.7 Å². The number of nitrogens with zero attached hydrogens (tertiary/aromatic N) is 2. The molecule has 5 rings (SSSR count). The van der Waals surface area contributed by atoms with Crippen molar-refractivity contribution in [3.8, 4) is 11.3 Å². The summed E-state index contributed by atoms with van der Waals surface area (Å²) in [6, 6.07) is 21.7. The highest BCUT2D eigenvalue weighted by Crippen LogP contribution is 2.43. The van der Waals surface area contributed by atoms with Crippen LogP contribution < -0.4 is 10.2 Å². The number of anilines is 1. The number of furan rings is 1. The summed E-state index contributed by atoms with van der Waals surface area (Å²) in [7, 11) is 0. The SMILES string of the molecule is Fc1ccc(-c2ccc([C@H]3[C@H](c4ccccn4)NC(=S)N3c3ccc(Br)cc3)o2)c(Br)c1. The van der Waals surface area contributed by atoms with Gasteiger partial charge < -0.3 is 14.6 Å². The average Bonchev–Trinajstić information content (AvgIpc) is 3.39. The molecule has 0 amide bonds. The minimum Gasteiger partial charge on any atom is -0.459 e. The molecule has 2 aromatic carbocycles. The molecule has 1 saturated heterocycles. The van der Waals surface area contributed by atoms with Crippen molar-refractivity contribution in [2.75, 3.05) is 4.90 Å². The van der Waals surface area contributed by atoms with Crippen LogP contribution in [0.3, 0.4) is 0 Å². The van der Waals surface area contributed by atoms with Crippen LogP contribution in [0.15, 0.2) is 92.4 Å². The van der Waals surface area contributed by atoms with Crippen LogP contribution in [0.1, 0.15) is 23.5 Å². The number of aromatic nitrogens is 1. The van der Waals surface area contributed by atoms with E-state index in [4.69, 9.17) is 16.6 Å². The van der Waals surface area contributed by atoms with Gasteiger partial charge >= 0.3 is 0 Å². The van der Waals surface area contributed by atoms with Crippen molar-refractivity contribution in [3.05, 3.63) is 105 Å². The maximum atomic E-state index is 13.6. The zero-order valence-corrected chi connectivity index (χ0v) is 20.5. The number of hydrogen-bond donors (Lipinski definition) is 1. The van der Waals surface area contributed by atoms with Crippen molar-refractivity contribution in [1.82, 2.24) is 10.3 Å². The zero-order valence-electron chi connectivity index (χ0n) is 16.5. The second-order valence-corrected chi connectivity index (χ2v) is 9.46. The summed E-state index contributed by atoms with van der Waals surface area (Å²) in [6.07, 6.45) is 1.77. The molecule has 32 heavy (non-hydrogen) atoms. The Hall–Kier alpha value is -2.55. The third-order valence-corrected chi connectivity index (χ3v) is 6.82. The smallest absolute Gasteiger partial charge is 0.174 e. The summed E-state index contributed by atoms with van der Waals surface area (Å²) in [5.74, 6) is 1.05. The van der Waals surface area contributed by atoms with Gasteiger partial charge in [-0.25, -0.2) is 4.39 Å². The number of benzene rings is 2. The molecular weight excluding hydrogens is 557 g/mol. The Labute approximate surface area is 206 Å². The lowest BCUT2D eigenvalue weighted by Gasteiger charge is -2.26. The van der Waals surface area contributed by atoms with Gasteiger partial charge in [-0.1, -0.05) is 22.0 Å². The Morgan fingerprint density at radius 2 is 1.81 bits per heavy atom. The van der Waals surface area contributed by atoms with Crippen molar-refractivity contribution in [2.45, 2.75) is 12.1 Å². The first-order chi connectivity index (χ1) is 15.5. The molecular formula is C24H16Br2FN3OS. The van der Waals surface area contributed by atoms with E-state index < -0.39 is 0 Å². The molecule has 8 heteroatoms. The molecule has 1 aliphatic heterocycles. The fraction of sp³-hybridized carbons (Fsp3) is 0.0833. The highest BCUT2D eigenvalue weighted by molar-refractivity contribution is 9.10. The van der Waals surface area contributed by atoms with Crippen LogP contribution in [0, 0.1) is 5.82 Å². The van der Waals surface area contributed by atoms with E-state index >= 15 is 0 Å². The number of pyridine rings is 1. The number of halogens is 3. The second kappa shape index (κ2) is 8.77. The Bertz CT molecular complexity index is 1280. The van der Waals surface area contributed by atoms with E-state index in [1.807, 2.05) is 59.5 Å². The van der Waals surface area contributed by atoms with Crippen LogP contribution in [-0.2, 0) is 0 Å². The van der Waals surface area contributed by atoms with E-state index in [2.05, 4.69) is 42.2 Å². The molecule has 160 valence electrons. The maximum absolute atomic E-state index is 13.6. The predicted molar refractivity (Wildman–Crippen MR) is 134 cm³/mol. The van der Waals surface area contributed by atoms with Crippen LogP contribution in [0.25, 0.3) is 11.3 Å². The van der Waals surface area contributed by atoms with Crippen molar-refractivity contribution >= 4 is 54.9 Å². The van der Waals surface area contributed by atoms with Gasteiger partial charge in [-0.15, -0.1) is 0 Å². The summed E-state index contributed by atoms with van der Waals surface area (Å²) in [6.45, 7) is 0. The quantitative estimate of drug-likeness (QED) is 0.262. The average molecular weight is 573 g/mol. The largest absolute Gasteiger partial charge is 0.459 e. The van der Waals surface area contributed by atoms with Crippen LogP contribution >= 0.6 is 44.1 Å². The maximum Gasteiger partial charge on any atom is 0.174 e. The van der Waals surface area contributed by atoms with E-state index in [0.29, 0.717) is 15.3 Å². The molecule has 1 fully saturated rings. The molecule has 3 heterocycles. The highest BCUT2D eigenvalue weighted by Gasteiger charge is 2.42. The first-order valence-corrected chi connectivity index (χ1v) is 11.8. The van der Waals surface area contributed by atoms with Gasteiger partial charge in [0.2, 0.25) is 0 Å². The molecule has 4 aromatic rings. The van der Waals surface area contributed by atoms with Crippen molar-refractivity contribution in [2.24, 2.45) is 0 Å². The van der Waals surface area contributed by atoms with Gasteiger partial charge in [0.25, 0.3) is 0 Å². The van der Waals surface area contributed by atoms with Crippen molar-refractivity contribution in [1.29, 1.82) is 0 Å². The third-order valence-electron chi connectivity index (χ3n) is 5.32. The van der Waals surface area contributed by atoms with Crippen LogP contribution in [0.2, 0.25) is 0 Å². The first-order valence-electron chi connectivity index (χ1n) is 9.82. The van der Waals surface area contributed by atoms with Crippen LogP contribution in [0.4, 0.5) is 10.1 Å².